The quantitative estimate of drug-likeness (QED) is 0.378. The SMILES string of the molecule is [3H]C1O[C@@]2(CN=[N+]=[N-])CC3(O)O[C@H]1C32. The second-order valence-electron chi connectivity index (χ2n) is 3.79. The Morgan fingerprint density at radius 1 is 1.85 bits per heavy atom. The van der Waals surface area contributed by atoms with Crippen LogP contribution >= 0.6 is 0 Å². The normalized spacial score (nSPS) is 62.5. The molecule has 1 N–H and O–H groups in total. The minimum absolute atomic E-state index is 0.172. The van der Waals surface area contributed by atoms with Gasteiger partial charge in [0.1, 0.15) is 0 Å². The fourth-order valence-electron chi connectivity index (χ4n) is 2.60. The highest BCUT2D eigenvalue weighted by molar-refractivity contribution is 5.22. The maximum atomic E-state index is 9.71. The molecule has 0 bridgehead atoms. The van der Waals surface area contributed by atoms with Crippen LogP contribution in [0.15, 0.2) is 5.11 Å². The highest BCUT2D eigenvalue weighted by atomic mass is 16.7. The van der Waals surface area contributed by atoms with Crippen molar-refractivity contribution in [1.82, 2.24) is 0 Å². The van der Waals surface area contributed by atoms with E-state index in [4.69, 9.17) is 16.4 Å². The lowest BCUT2D eigenvalue weighted by molar-refractivity contribution is -0.427. The van der Waals surface area contributed by atoms with Crippen molar-refractivity contribution in [2.75, 3.05) is 13.1 Å². The summed E-state index contributed by atoms with van der Waals surface area (Å²) >= 11 is 0. The molecule has 0 aromatic rings. The fourth-order valence-corrected chi connectivity index (χ4v) is 2.60. The third-order valence-corrected chi connectivity index (χ3v) is 3.11. The molecule has 5 atom stereocenters. The van der Waals surface area contributed by atoms with Crippen molar-refractivity contribution in [3.05, 3.63) is 10.4 Å². The number of ether oxygens (including phenoxy) is 2. The first kappa shape index (κ1) is 6.62. The van der Waals surface area contributed by atoms with Gasteiger partial charge in [-0.2, -0.15) is 0 Å². The monoisotopic (exact) mass is 185 g/mol. The third kappa shape index (κ3) is 0.683. The highest BCUT2D eigenvalue weighted by Crippen LogP contribution is 2.64. The van der Waals surface area contributed by atoms with Gasteiger partial charge in [-0.1, -0.05) is 5.11 Å². The summed E-state index contributed by atoms with van der Waals surface area (Å²) in [7, 11) is 0. The lowest BCUT2D eigenvalue weighted by atomic mass is 9.59. The minimum Gasteiger partial charge on any atom is -0.371 e. The van der Waals surface area contributed by atoms with E-state index in [1.165, 1.54) is 0 Å². The van der Waals surface area contributed by atoms with E-state index in [1.54, 1.807) is 0 Å². The summed E-state index contributed by atoms with van der Waals surface area (Å²) < 4.78 is 18.1. The second-order valence-corrected chi connectivity index (χ2v) is 3.79. The van der Waals surface area contributed by atoms with E-state index in [0.717, 1.165) is 0 Å². The van der Waals surface area contributed by atoms with Crippen LogP contribution < -0.4 is 0 Å². The molecule has 0 radical (unpaired) electrons. The van der Waals surface area contributed by atoms with E-state index in [0.29, 0.717) is 6.42 Å². The third-order valence-electron chi connectivity index (χ3n) is 3.11. The molecule has 1 aliphatic carbocycles. The number of azide groups is 1. The Hall–Kier alpha value is -0.810. The molecule has 3 aliphatic rings. The maximum Gasteiger partial charge on any atom is 0.176 e. The van der Waals surface area contributed by atoms with E-state index >= 15 is 0 Å². The Morgan fingerprint density at radius 2 is 2.69 bits per heavy atom. The fraction of sp³-hybridized carbons (Fsp3) is 1.00. The molecule has 3 unspecified atom stereocenters. The zero-order chi connectivity index (χ0) is 9.97. The van der Waals surface area contributed by atoms with Gasteiger partial charge in [0, 0.05) is 11.3 Å². The lowest BCUT2D eigenvalue weighted by Crippen LogP contribution is -2.76. The van der Waals surface area contributed by atoms with Gasteiger partial charge in [-0.05, 0) is 5.53 Å². The molecule has 6 heteroatoms. The topological polar surface area (TPSA) is 87.5 Å². The first-order chi connectivity index (χ1) is 6.61. The Labute approximate surface area is 75.5 Å². The van der Waals surface area contributed by atoms with Gasteiger partial charge in [0.2, 0.25) is 0 Å². The van der Waals surface area contributed by atoms with Gasteiger partial charge in [0.05, 0.1) is 32.1 Å². The molecule has 1 saturated carbocycles. The number of hydrogen-bond acceptors (Lipinski definition) is 4. The summed E-state index contributed by atoms with van der Waals surface area (Å²) in [4.78, 5) is 2.66. The Kier molecular flexibility index (Phi) is 1.01. The van der Waals surface area contributed by atoms with E-state index in [9.17, 15) is 5.11 Å². The molecule has 2 heterocycles. The number of hydrogen-bond donors (Lipinski definition) is 1. The molecule has 2 aliphatic heterocycles. The summed E-state index contributed by atoms with van der Waals surface area (Å²) in [5, 5.41) is 13.2. The predicted octanol–water partition coefficient (Wildman–Crippen LogP) is 0.173. The predicted molar refractivity (Wildman–Crippen MR) is 40.6 cm³/mol. The number of rotatable bonds is 2. The van der Waals surface area contributed by atoms with Crippen molar-refractivity contribution in [3.63, 3.8) is 0 Å². The maximum absolute atomic E-state index is 9.71. The van der Waals surface area contributed by atoms with Crippen molar-refractivity contribution in [1.29, 1.82) is 0 Å². The van der Waals surface area contributed by atoms with Crippen LogP contribution in [-0.4, -0.2) is 35.7 Å². The van der Waals surface area contributed by atoms with Crippen LogP contribution in [0.1, 0.15) is 7.79 Å². The molecule has 0 aromatic heterocycles. The molecule has 2 saturated heterocycles. The number of aliphatic hydroxyl groups is 1. The smallest absolute Gasteiger partial charge is 0.176 e. The molecular formula is C7H9N3O3. The van der Waals surface area contributed by atoms with Gasteiger partial charge in [0.25, 0.3) is 0 Å². The molecular weight excluding hydrogens is 174 g/mol. The Morgan fingerprint density at radius 3 is 3.38 bits per heavy atom. The van der Waals surface area contributed by atoms with E-state index in [-0.39, 0.29) is 18.6 Å². The average molecular weight is 185 g/mol. The van der Waals surface area contributed by atoms with Crippen LogP contribution in [0.4, 0.5) is 0 Å². The minimum atomic E-state index is -1.12. The van der Waals surface area contributed by atoms with Gasteiger partial charge in [0.15, 0.2) is 5.79 Å². The van der Waals surface area contributed by atoms with Crippen LogP contribution in [0, 0.1) is 5.92 Å². The van der Waals surface area contributed by atoms with Crippen molar-refractivity contribution in [2.24, 2.45) is 11.0 Å². The van der Waals surface area contributed by atoms with Gasteiger partial charge < -0.3 is 14.6 Å². The van der Waals surface area contributed by atoms with Gasteiger partial charge in [-0.3, -0.25) is 0 Å². The van der Waals surface area contributed by atoms with Crippen molar-refractivity contribution < 1.29 is 16.0 Å². The van der Waals surface area contributed by atoms with Crippen LogP contribution in [0.3, 0.4) is 0 Å². The summed E-state index contributed by atoms with van der Waals surface area (Å²) in [6.07, 6.45) is -0.0575. The first-order valence-corrected chi connectivity index (χ1v) is 4.12. The zero-order valence-corrected chi connectivity index (χ0v) is 6.75. The summed E-state index contributed by atoms with van der Waals surface area (Å²) in [6.45, 7) is -0.595. The molecule has 3 rings (SSSR count). The van der Waals surface area contributed by atoms with Crippen LogP contribution in [-0.2, 0) is 9.47 Å². The average Bonchev–Trinajstić information content (AvgIpc) is 2.20. The summed E-state index contributed by atoms with van der Waals surface area (Å²) in [5.74, 6) is -1.31. The molecule has 6 nitrogen and oxygen atoms in total. The molecule has 13 heavy (non-hydrogen) atoms. The van der Waals surface area contributed by atoms with Crippen LogP contribution in [0.5, 0.6) is 0 Å². The summed E-state index contributed by atoms with van der Waals surface area (Å²) in [5.41, 5.74) is 7.58. The summed E-state index contributed by atoms with van der Waals surface area (Å²) in [6, 6.07) is 0. The highest BCUT2D eigenvalue weighted by Gasteiger charge is 2.78. The number of nitrogens with zero attached hydrogens (tertiary/aromatic N) is 3. The first-order valence-electron chi connectivity index (χ1n) is 4.70. The second kappa shape index (κ2) is 1.99. The Balaban J connectivity index is 1.87. The Bertz CT molecular complexity index is 343. The molecule has 0 aromatic carbocycles. The lowest BCUT2D eigenvalue weighted by Gasteiger charge is -2.62. The van der Waals surface area contributed by atoms with Gasteiger partial charge in [-0.15, -0.1) is 0 Å². The molecule has 0 spiro atoms. The molecule has 0 amide bonds. The van der Waals surface area contributed by atoms with Crippen molar-refractivity contribution in [2.45, 2.75) is 23.9 Å². The van der Waals surface area contributed by atoms with Gasteiger partial charge in [-0.25, -0.2) is 0 Å². The molecule has 70 valence electrons. The van der Waals surface area contributed by atoms with Gasteiger partial charge >= 0.3 is 0 Å². The van der Waals surface area contributed by atoms with Crippen LogP contribution in [0.25, 0.3) is 10.4 Å². The molecule has 3 fully saturated rings. The van der Waals surface area contributed by atoms with E-state index < -0.39 is 18.0 Å². The standard InChI is InChI=1S/C7H9N3O3/c8-10-9-3-6-2-7(11)5(6)4(13-7)1-12-6/h4-5,11H,1-3H2/t4-,5?,6-,7?/m1/s1/i1T/t1?,4-,5?,6-,7?. The van der Waals surface area contributed by atoms with E-state index in [1.807, 2.05) is 0 Å². The van der Waals surface area contributed by atoms with Crippen LogP contribution in [0.2, 0.25) is 0 Å². The largest absolute Gasteiger partial charge is 0.371 e. The van der Waals surface area contributed by atoms with Crippen molar-refractivity contribution >= 4 is 0 Å². The van der Waals surface area contributed by atoms with Crippen molar-refractivity contribution in [3.8, 4) is 0 Å². The van der Waals surface area contributed by atoms with E-state index in [2.05, 4.69) is 10.0 Å². The zero-order valence-electron chi connectivity index (χ0n) is 7.75.